The normalized spacial score (nSPS) is 19.8. The molecule has 2 aliphatic heterocycles. The summed E-state index contributed by atoms with van der Waals surface area (Å²) in [5.41, 5.74) is 0.974. The summed E-state index contributed by atoms with van der Waals surface area (Å²) in [6, 6.07) is 7.68. The van der Waals surface area contributed by atoms with Crippen molar-refractivity contribution in [2.45, 2.75) is 19.3 Å². The summed E-state index contributed by atoms with van der Waals surface area (Å²) in [6.45, 7) is 6.12. The predicted molar refractivity (Wildman–Crippen MR) is 95.6 cm³/mol. The lowest BCUT2D eigenvalue weighted by Crippen LogP contribution is -2.33. The molecule has 0 unspecified atom stereocenters. The van der Waals surface area contributed by atoms with Crippen LogP contribution in [0, 0.1) is 0 Å². The second kappa shape index (κ2) is 7.51. The molecule has 1 aromatic rings. The van der Waals surface area contributed by atoms with Gasteiger partial charge in [0.25, 0.3) is 5.91 Å². The Hall–Kier alpha value is -2.01. The van der Waals surface area contributed by atoms with Crippen LogP contribution in [0.25, 0.3) is 6.08 Å². The molecule has 0 saturated carbocycles. The van der Waals surface area contributed by atoms with E-state index in [-0.39, 0.29) is 5.91 Å². The molecule has 1 aromatic carbocycles. The Morgan fingerprint density at radius 1 is 1.22 bits per heavy atom. The van der Waals surface area contributed by atoms with Gasteiger partial charge in [0, 0.05) is 13.1 Å². The van der Waals surface area contributed by atoms with E-state index in [2.05, 4.69) is 16.5 Å². The molecule has 5 heteroatoms. The van der Waals surface area contributed by atoms with Gasteiger partial charge in [-0.25, -0.2) is 0 Å². The molecule has 0 aliphatic carbocycles. The number of amidine groups is 1. The van der Waals surface area contributed by atoms with Gasteiger partial charge >= 0.3 is 0 Å². The highest BCUT2D eigenvalue weighted by Gasteiger charge is 2.26. The van der Waals surface area contributed by atoms with E-state index in [0.29, 0.717) is 11.5 Å². The molecule has 1 fully saturated rings. The summed E-state index contributed by atoms with van der Waals surface area (Å²) in [7, 11) is 0. The number of thioether (sulfide) groups is 1. The van der Waals surface area contributed by atoms with Crippen LogP contribution in [-0.2, 0) is 4.79 Å². The number of amides is 1. The smallest absolute Gasteiger partial charge is 0.286 e. The van der Waals surface area contributed by atoms with Gasteiger partial charge in [0.1, 0.15) is 12.4 Å². The van der Waals surface area contributed by atoms with Crippen molar-refractivity contribution < 1.29 is 9.53 Å². The Labute approximate surface area is 140 Å². The quantitative estimate of drug-likeness (QED) is 0.624. The number of carbonyl (C=O) groups excluding carboxylic acids is 1. The molecule has 0 atom stereocenters. The van der Waals surface area contributed by atoms with Crippen LogP contribution < -0.4 is 4.74 Å². The van der Waals surface area contributed by atoms with Crippen LogP contribution in [0.2, 0.25) is 0 Å². The van der Waals surface area contributed by atoms with E-state index in [9.17, 15) is 4.79 Å². The van der Waals surface area contributed by atoms with E-state index in [1.807, 2.05) is 30.3 Å². The van der Waals surface area contributed by atoms with Crippen LogP contribution >= 0.6 is 11.8 Å². The van der Waals surface area contributed by atoms with E-state index < -0.39 is 0 Å². The minimum Gasteiger partial charge on any atom is -0.490 e. The van der Waals surface area contributed by atoms with Crippen LogP contribution in [0.5, 0.6) is 5.75 Å². The highest BCUT2D eigenvalue weighted by molar-refractivity contribution is 8.18. The Bertz CT molecular complexity index is 643. The van der Waals surface area contributed by atoms with Crippen LogP contribution in [0.3, 0.4) is 0 Å². The number of hydrogen-bond acceptors (Lipinski definition) is 4. The van der Waals surface area contributed by atoms with Crippen molar-refractivity contribution in [1.29, 1.82) is 0 Å². The van der Waals surface area contributed by atoms with Crippen molar-refractivity contribution in [1.82, 2.24) is 4.90 Å². The van der Waals surface area contributed by atoms with Crippen molar-refractivity contribution in [3.63, 3.8) is 0 Å². The first-order valence-corrected chi connectivity index (χ1v) is 8.69. The Balaban J connectivity index is 1.66. The zero-order chi connectivity index (χ0) is 16.1. The zero-order valence-corrected chi connectivity index (χ0v) is 13.8. The fourth-order valence-corrected chi connectivity index (χ4v) is 3.55. The molecule has 0 bridgehead atoms. The number of likely N-dealkylation sites (tertiary alicyclic amines) is 1. The molecule has 0 radical (unpaired) electrons. The molecule has 3 rings (SSSR count). The number of nitrogens with zero attached hydrogens (tertiary/aromatic N) is 2. The number of carbonyl (C=O) groups is 1. The number of aliphatic imine (C=N–C) groups is 1. The van der Waals surface area contributed by atoms with Gasteiger partial charge in [-0.15, -0.1) is 0 Å². The molecule has 0 N–H and O–H groups in total. The average Bonchev–Trinajstić information content (AvgIpc) is 2.96. The van der Waals surface area contributed by atoms with Crippen molar-refractivity contribution in [3.8, 4) is 5.75 Å². The number of hydrogen-bond donors (Lipinski definition) is 0. The largest absolute Gasteiger partial charge is 0.490 e. The molecule has 120 valence electrons. The van der Waals surface area contributed by atoms with E-state index in [4.69, 9.17) is 4.74 Å². The van der Waals surface area contributed by atoms with Gasteiger partial charge in [0.05, 0.1) is 4.91 Å². The molecule has 23 heavy (non-hydrogen) atoms. The van der Waals surface area contributed by atoms with Gasteiger partial charge in [-0.1, -0.05) is 24.8 Å². The second-order valence-electron chi connectivity index (χ2n) is 5.53. The van der Waals surface area contributed by atoms with Gasteiger partial charge in [0.15, 0.2) is 5.17 Å². The number of rotatable bonds is 4. The number of ether oxygens (including phenoxy) is 1. The van der Waals surface area contributed by atoms with Crippen LogP contribution in [0.4, 0.5) is 0 Å². The Morgan fingerprint density at radius 3 is 2.65 bits per heavy atom. The summed E-state index contributed by atoms with van der Waals surface area (Å²) in [4.78, 5) is 19.2. The SMILES string of the molecule is C=CCOc1ccc(/C=C2/SC(N3CCCCC3)=NC2=O)cc1. The summed E-state index contributed by atoms with van der Waals surface area (Å²) >= 11 is 1.48. The molecule has 0 spiro atoms. The second-order valence-corrected chi connectivity index (χ2v) is 6.54. The molecule has 1 saturated heterocycles. The lowest BCUT2D eigenvalue weighted by atomic mass is 10.1. The first-order chi connectivity index (χ1) is 11.3. The highest BCUT2D eigenvalue weighted by Crippen LogP contribution is 2.31. The van der Waals surface area contributed by atoms with E-state index in [1.54, 1.807) is 6.08 Å². The third-order valence-electron chi connectivity index (χ3n) is 3.78. The minimum atomic E-state index is -0.137. The van der Waals surface area contributed by atoms with Crippen LogP contribution in [-0.4, -0.2) is 35.7 Å². The predicted octanol–water partition coefficient (Wildman–Crippen LogP) is 3.71. The van der Waals surface area contributed by atoms with Gasteiger partial charge in [-0.3, -0.25) is 4.79 Å². The lowest BCUT2D eigenvalue weighted by Gasteiger charge is -2.27. The summed E-state index contributed by atoms with van der Waals surface area (Å²) < 4.78 is 5.46. The molecule has 4 nitrogen and oxygen atoms in total. The van der Waals surface area contributed by atoms with E-state index in [0.717, 1.165) is 29.6 Å². The molecule has 1 amide bonds. The summed E-state index contributed by atoms with van der Waals surface area (Å²) in [5.74, 6) is 0.658. The Kier molecular flexibility index (Phi) is 5.18. The minimum absolute atomic E-state index is 0.137. The monoisotopic (exact) mass is 328 g/mol. The van der Waals surface area contributed by atoms with Crippen molar-refractivity contribution in [2.24, 2.45) is 4.99 Å². The highest BCUT2D eigenvalue weighted by atomic mass is 32.2. The van der Waals surface area contributed by atoms with Gasteiger partial charge in [-0.2, -0.15) is 4.99 Å². The van der Waals surface area contributed by atoms with Crippen LogP contribution in [0.15, 0.2) is 46.8 Å². The third-order valence-corrected chi connectivity index (χ3v) is 4.83. The van der Waals surface area contributed by atoms with Crippen molar-refractivity contribution >= 4 is 28.9 Å². The molecule has 2 aliphatic rings. The average molecular weight is 328 g/mol. The van der Waals surface area contributed by atoms with Crippen LogP contribution in [0.1, 0.15) is 24.8 Å². The topological polar surface area (TPSA) is 41.9 Å². The first-order valence-electron chi connectivity index (χ1n) is 7.87. The fraction of sp³-hybridized carbons (Fsp3) is 0.333. The van der Waals surface area contributed by atoms with Gasteiger partial charge in [-0.05, 0) is 54.8 Å². The number of piperidine rings is 1. The van der Waals surface area contributed by atoms with Crippen molar-refractivity contribution in [3.05, 3.63) is 47.4 Å². The molecule has 0 aromatic heterocycles. The van der Waals surface area contributed by atoms with Gasteiger partial charge in [0.2, 0.25) is 0 Å². The van der Waals surface area contributed by atoms with Crippen molar-refractivity contribution in [2.75, 3.05) is 19.7 Å². The van der Waals surface area contributed by atoms with Gasteiger partial charge < -0.3 is 9.64 Å². The maximum Gasteiger partial charge on any atom is 0.286 e. The fourth-order valence-electron chi connectivity index (χ4n) is 2.59. The molecular formula is C18H20N2O2S. The zero-order valence-electron chi connectivity index (χ0n) is 13.0. The van der Waals surface area contributed by atoms with E-state index >= 15 is 0 Å². The lowest BCUT2D eigenvalue weighted by molar-refractivity contribution is -0.113. The standard InChI is InChI=1S/C18H20N2O2S/c1-2-12-22-15-8-6-14(7-9-15)13-16-17(21)19-18(23-16)20-10-4-3-5-11-20/h2,6-9,13H,1,3-5,10-12H2/b16-13+. The molecule has 2 heterocycles. The summed E-state index contributed by atoms with van der Waals surface area (Å²) in [5, 5.41) is 0.854. The maximum absolute atomic E-state index is 12.1. The Morgan fingerprint density at radius 2 is 1.96 bits per heavy atom. The number of benzene rings is 1. The summed E-state index contributed by atoms with van der Waals surface area (Å²) in [6.07, 6.45) is 7.23. The first kappa shape index (κ1) is 15.9. The maximum atomic E-state index is 12.1. The van der Waals surface area contributed by atoms with E-state index in [1.165, 1.54) is 31.0 Å². The third kappa shape index (κ3) is 4.05. The molecular weight excluding hydrogens is 308 g/mol.